The molecule has 1 aromatic rings. The topological polar surface area (TPSA) is 78.4 Å². The number of urea groups is 1. The average Bonchev–Trinajstić information content (AvgIpc) is 2.33. The van der Waals surface area contributed by atoms with Gasteiger partial charge in [-0.15, -0.1) is 0 Å². The third kappa shape index (κ3) is 4.79. The van der Waals surface area contributed by atoms with Crippen molar-refractivity contribution in [1.82, 2.24) is 5.32 Å². The minimum Gasteiger partial charge on any atom is -0.481 e. The Balaban J connectivity index is 2.56. The van der Waals surface area contributed by atoms with Crippen LogP contribution in [0.3, 0.4) is 0 Å². The predicted octanol–water partition coefficient (Wildman–Crippen LogP) is 2.48. The summed E-state index contributed by atoms with van der Waals surface area (Å²) in [6, 6.07) is 0.0642. The zero-order chi connectivity index (χ0) is 15.3. The van der Waals surface area contributed by atoms with Gasteiger partial charge in [-0.25, -0.2) is 18.0 Å². The Bertz CT molecular complexity index is 500. The summed E-state index contributed by atoms with van der Waals surface area (Å²) < 4.78 is 38.5. The molecule has 8 heteroatoms. The van der Waals surface area contributed by atoms with Crippen LogP contribution in [-0.2, 0) is 4.79 Å². The van der Waals surface area contributed by atoms with Gasteiger partial charge in [0, 0.05) is 30.3 Å². The van der Waals surface area contributed by atoms with E-state index >= 15 is 0 Å². The summed E-state index contributed by atoms with van der Waals surface area (Å²) in [4.78, 5) is 21.8. The van der Waals surface area contributed by atoms with E-state index in [9.17, 15) is 22.8 Å². The fourth-order valence-electron chi connectivity index (χ4n) is 1.43. The summed E-state index contributed by atoms with van der Waals surface area (Å²) in [6.07, 6.45) is 0.0795. The van der Waals surface area contributed by atoms with E-state index in [1.54, 1.807) is 6.92 Å². The van der Waals surface area contributed by atoms with Crippen molar-refractivity contribution in [3.8, 4) is 0 Å². The first-order valence-electron chi connectivity index (χ1n) is 5.73. The molecular formula is C12H13F3N2O3. The number of hydrogen-bond donors (Lipinski definition) is 3. The van der Waals surface area contributed by atoms with Crippen molar-refractivity contribution in [2.45, 2.75) is 25.8 Å². The average molecular weight is 290 g/mol. The second-order valence-electron chi connectivity index (χ2n) is 4.19. The van der Waals surface area contributed by atoms with E-state index in [1.807, 2.05) is 0 Å². The Hall–Kier alpha value is -2.25. The van der Waals surface area contributed by atoms with Crippen LogP contribution >= 0.6 is 0 Å². The molecule has 0 aliphatic heterocycles. The number of aliphatic carboxylic acids is 1. The Morgan fingerprint density at radius 3 is 2.30 bits per heavy atom. The molecule has 0 spiro atoms. The van der Waals surface area contributed by atoms with Gasteiger partial charge in [0.1, 0.15) is 0 Å². The predicted molar refractivity (Wildman–Crippen MR) is 64.8 cm³/mol. The normalized spacial score (nSPS) is 11.8. The molecule has 1 unspecified atom stereocenters. The third-order valence-corrected chi connectivity index (χ3v) is 2.41. The molecule has 0 aromatic heterocycles. The van der Waals surface area contributed by atoms with Gasteiger partial charge in [0.05, 0.1) is 0 Å². The number of carbonyl (C=O) groups excluding carboxylic acids is 1. The quantitative estimate of drug-likeness (QED) is 0.729. The summed E-state index contributed by atoms with van der Waals surface area (Å²) in [6.45, 7) is 1.58. The van der Waals surface area contributed by atoms with Crippen molar-refractivity contribution >= 4 is 17.7 Å². The number of anilines is 1. The van der Waals surface area contributed by atoms with E-state index < -0.39 is 35.5 Å². The van der Waals surface area contributed by atoms with E-state index in [4.69, 9.17) is 5.11 Å². The van der Waals surface area contributed by atoms with Gasteiger partial charge in [0.2, 0.25) is 0 Å². The highest BCUT2D eigenvalue weighted by atomic mass is 19.2. The number of rotatable bonds is 5. The molecule has 0 bridgehead atoms. The zero-order valence-corrected chi connectivity index (χ0v) is 10.5. The number of amides is 2. The highest BCUT2D eigenvalue weighted by Gasteiger charge is 2.13. The van der Waals surface area contributed by atoms with Crippen molar-refractivity contribution in [3.63, 3.8) is 0 Å². The van der Waals surface area contributed by atoms with E-state index in [1.165, 1.54) is 0 Å². The van der Waals surface area contributed by atoms with Crippen LogP contribution in [0.5, 0.6) is 0 Å². The van der Waals surface area contributed by atoms with E-state index in [0.717, 1.165) is 0 Å². The second-order valence-corrected chi connectivity index (χ2v) is 4.19. The summed E-state index contributed by atoms with van der Waals surface area (Å²) in [5.74, 6) is -5.45. The van der Waals surface area contributed by atoms with Crippen LogP contribution in [0.4, 0.5) is 23.7 Å². The minimum absolute atomic E-state index is 0.124. The van der Waals surface area contributed by atoms with E-state index in [0.29, 0.717) is 12.1 Å². The number of carboxylic acid groups (broad SMARTS) is 1. The first-order chi connectivity index (χ1) is 9.29. The molecule has 5 nitrogen and oxygen atoms in total. The Morgan fingerprint density at radius 1 is 1.25 bits per heavy atom. The van der Waals surface area contributed by atoms with Crippen molar-refractivity contribution < 1.29 is 27.9 Å². The van der Waals surface area contributed by atoms with Gasteiger partial charge in [-0.1, -0.05) is 0 Å². The lowest BCUT2D eigenvalue weighted by Crippen LogP contribution is -2.36. The number of benzene rings is 1. The molecule has 1 atom stereocenters. The number of nitrogens with one attached hydrogen (secondary N) is 2. The number of hydrogen-bond acceptors (Lipinski definition) is 2. The molecule has 0 fully saturated rings. The van der Waals surface area contributed by atoms with Crippen LogP contribution in [0.15, 0.2) is 12.1 Å². The van der Waals surface area contributed by atoms with Crippen LogP contribution in [0.1, 0.15) is 19.8 Å². The molecule has 0 saturated heterocycles. The molecule has 1 rings (SSSR count). The molecule has 20 heavy (non-hydrogen) atoms. The standard InChI is InChI=1S/C12H13F3N2O3/c1-6(2-3-10(18)19)16-12(20)17-7-4-8(13)11(15)9(14)5-7/h4-6H,2-3H2,1H3,(H,18,19)(H2,16,17,20). The molecule has 0 heterocycles. The molecule has 0 aliphatic rings. The summed E-state index contributed by atoms with van der Waals surface area (Å²) >= 11 is 0. The number of carboxylic acids is 1. The van der Waals surface area contributed by atoms with E-state index in [2.05, 4.69) is 10.6 Å². The lowest BCUT2D eigenvalue weighted by atomic mass is 10.2. The Kier molecular flexibility index (Phi) is 5.36. The van der Waals surface area contributed by atoms with Gasteiger partial charge in [-0.05, 0) is 13.3 Å². The Morgan fingerprint density at radius 2 is 1.80 bits per heavy atom. The van der Waals surface area contributed by atoms with Crippen LogP contribution < -0.4 is 10.6 Å². The SMILES string of the molecule is CC(CCC(=O)O)NC(=O)Nc1cc(F)c(F)c(F)c1. The fraction of sp³-hybridized carbons (Fsp3) is 0.333. The van der Waals surface area contributed by atoms with Gasteiger partial charge in [-0.3, -0.25) is 4.79 Å². The van der Waals surface area contributed by atoms with Crippen LogP contribution in [0, 0.1) is 17.5 Å². The largest absolute Gasteiger partial charge is 0.481 e. The molecule has 2 amide bonds. The van der Waals surface area contributed by atoms with Gasteiger partial charge in [-0.2, -0.15) is 0 Å². The van der Waals surface area contributed by atoms with E-state index in [-0.39, 0.29) is 18.5 Å². The van der Waals surface area contributed by atoms with Crippen LogP contribution in [0.2, 0.25) is 0 Å². The van der Waals surface area contributed by atoms with Crippen molar-refractivity contribution in [2.75, 3.05) is 5.32 Å². The molecule has 110 valence electrons. The first kappa shape index (κ1) is 15.8. The molecule has 3 N–H and O–H groups in total. The molecule has 1 aromatic carbocycles. The first-order valence-corrected chi connectivity index (χ1v) is 5.73. The van der Waals surface area contributed by atoms with Gasteiger partial charge in [0.15, 0.2) is 17.5 Å². The van der Waals surface area contributed by atoms with Crippen molar-refractivity contribution in [3.05, 3.63) is 29.6 Å². The van der Waals surface area contributed by atoms with Crippen molar-refractivity contribution in [1.29, 1.82) is 0 Å². The number of carbonyl (C=O) groups is 2. The molecule has 0 aliphatic carbocycles. The zero-order valence-electron chi connectivity index (χ0n) is 10.5. The molecule has 0 saturated carbocycles. The molecule has 0 radical (unpaired) electrons. The summed E-state index contributed by atoms with van der Waals surface area (Å²) in [7, 11) is 0. The van der Waals surface area contributed by atoms with Gasteiger partial charge in [0.25, 0.3) is 0 Å². The summed E-state index contributed by atoms with van der Waals surface area (Å²) in [5, 5.41) is 13.0. The lowest BCUT2D eigenvalue weighted by molar-refractivity contribution is -0.137. The van der Waals surface area contributed by atoms with Crippen molar-refractivity contribution in [2.24, 2.45) is 0 Å². The monoisotopic (exact) mass is 290 g/mol. The van der Waals surface area contributed by atoms with Crippen LogP contribution in [-0.4, -0.2) is 23.1 Å². The summed E-state index contributed by atoms with van der Waals surface area (Å²) in [5.41, 5.74) is -0.246. The lowest BCUT2D eigenvalue weighted by Gasteiger charge is -2.13. The third-order valence-electron chi connectivity index (χ3n) is 2.41. The molecular weight excluding hydrogens is 277 g/mol. The maximum Gasteiger partial charge on any atom is 0.319 e. The maximum atomic E-state index is 12.9. The smallest absolute Gasteiger partial charge is 0.319 e. The van der Waals surface area contributed by atoms with Gasteiger partial charge >= 0.3 is 12.0 Å². The maximum absolute atomic E-state index is 12.9. The fourth-order valence-corrected chi connectivity index (χ4v) is 1.43. The second kappa shape index (κ2) is 6.78. The van der Waals surface area contributed by atoms with Gasteiger partial charge < -0.3 is 15.7 Å². The Labute approximate surface area is 112 Å². The minimum atomic E-state index is -1.62. The van der Waals surface area contributed by atoms with Crippen LogP contribution in [0.25, 0.3) is 0 Å². The highest BCUT2D eigenvalue weighted by Crippen LogP contribution is 2.17. The highest BCUT2D eigenvalue weighted by molar-refractivity contribution is 5.89. The number of halogens is 3.